The van der Waals surface area contributed by atoms with Crippen molar-refractivity contribution >= 4 is 5.78 Å². The topological polar surface area (TPSA) is 29.1 Å². The van der Waals surface area contributed by atoms with Gasteiger partial charge in [-0.15, -0.1) is 0 Å². The molecule has 0 aliphatic carbocycles. The van der Waals surface area contributed by atoms with Gasteiger partial charge >= 0.3 is 6.18 Å². The predicted molar refractivity (Wildman–Crippen MR) is 55.2 cm³/mol. The van der Waals surface area contributed by atoms with Gasteiger partial charge in [-0.25, -0.2) is 0 Å². The van der Waals surface area contributed by atoms with Crippen LogP contribution in [-0.2, 0) is 4.79 Å². The number of hydrogen-bond donors (Lipinski definition) is 1. The summed E-state index contributed by atoms with van der Waals surface area (Å²) in [6.07, 6.45) is -2.36. The molecular weight excluding hydrogens is 219 g/mol. The third-order valence-corrected chi connectivity index (χ3v) is 3.10. The Balaban J connectivity index is 2.34. The van der Waals surface area contributed by atoms with E-state index in [0.717, 1.165) is 25.8 Å². The Morgan fingerprint density at radius 2 is 2.06 bits per heavy atom. The van der Waals surface area contributed by atoms with Gasteiger partial charge in [0.25, 0.3) is 0 Å². The molecule has 1 fully saturated rings. The van der Waals surface area contributed by atoms with Gasteiger partial charge in [-0.05, 0) is 39.2 Å². The lowest BCUT2D eigenvalue weighted by atomic mass is 9.85. The number of Topliss-reactive ketones (excluding diaryl/α,β-unsaturated/α-hetero) is 1. The zero-order chi connectivity index (χ0) is 12.2. The molecule has 1 aliphatic heterocycles. The van der Waals surface area contributed by atoms with Crippen LogP contribution in [0.5, 0.6) is 0 Å². The van der Waals surface area contributed by atoms with Crippen LogP contribution in [-0.4, -0.2) is 24.0 Å². The molecular formula is C11H18F3NO. The van der Waals surface area contributed by atoms with Crippen molar-refractivity contribution in [2.24, 2.45) is 0 Å². The van der Waals surface area contributed by atoms with Crippen molar-refractivity contribution in [3.63, 3.8) is 0 Å². The normalized spacial score (nSPS) is 26.8. The first-order valence-corrected chi connectivity index (χ1v) is 5.69. The quantitative estimate of drug-likeness (QED) is 0.814. The van der Waals surface area contributed by atoms with Gasteiger partial charge in [0.05, 0.1) is 5.54 Å². The Kier molecular flexibility index (Phi) is 4.35. The third-order valence-electron chi connectivity index (χ3n) is 3.10. The highest BCUT2D eigenvalue weighted by atomic mass is 19.4. The van der Waals surface area contributed by atoms with Gasteiger partial charge in [0, 0.05) is 12.8 Å². The lowest BCUT2D eigenvalue weighted by Crippen LogP contribution is -2.52. The number of ketones is 1. The highest BCUT2D eigenvalue weighted by Crippen LogP contribution is 2.25. The minimum absolute atomic E-state index is 0.0169. The molecule has 1 unspecified atom stereocenters. The summed E-state index contributed by atoms with van der Waals surface area (Å²) in [7, 11) is 0. The van der Waals surface area contributed by atoms with Crippen molar-refractivity contribution in [1.82, 2.24) is 5.32 Å². The van der Waals surface area contributed by atoms with Crippen molar-refractivity contribution in [1.29, 1.82) is 0 Å². The minimum Gasteiger partial charge on any atom is -0.305 e. The number of rotatable bonds is 4. The molecule has 0 amide bonds. The molecule has 0 aromatic heterocycles. The number of carbonyl (C=O) groups excluding carboxylic acids is 1. The molecule has 1 aliphatic rings. The lowest BCUT2D eigenvalue weighted by molar-refractivity contribution is -0.138. The molecule has 0 saturated carbocycles. The molecule has 2 nitrogen and oxygen atoms in total. The second-order valence-electron chi connectivity index (χ2n) is 4.61. The van der Waals surface area contributed by atoms with E-state index in [1.54, 1.807) is 6.92 Å². The molecule has 0 bridgehead atoms. The van der Waals surface area contributed by atoms with Crippen molar-refractivity contribution < 1.29 is 18.0 Å². The molecule has 1 heterocycles. The fourth-order valence-corrected chi connectivity index (χ4v) is 2.02. The van der Waals surface area contributed by atoms with Crippen LogP contribution in [0.2, 0.25) is 0 Å². The third kappa shape index (κ3) is 4.12. The number of piperidine rings is 1. The summed E-state index contributed by atoms with van der Waals surface area (Å²) in [4.78, 5) is 11.8. The molecule has 1 rings (SSSR count). The number of nitrogens with one attached hydrogen (secondary N) is 1. The zero-order valence-electron chi connectivity index (χ0n) is 9.49. The fraction of sp³-hybridized carbons (Fsp3) is 0.909. The average molecular weight is 237 g/mol. The monoisotopic (exact) mass is 237 g/mol. The molecule has 1 saturated heterocycles. The first-order chi connectivity index (χ1) is 7.33. The summed E-state index contributed by atoms with van der Waals surface area (Å²) in [5.41, 5.74) is -0.593. The molecule has 1 atom stereocenters. The van der Waals surface area contributed by atoms with Gasteiger partial charge in [-0.2, -0.15) is 13.2 Å². The molecule has 5 heteroatoms. The maximum Gasteiger partial charge on any atom is 0.389 e. The Morgan fingerprint density at radius 1 is 1.38 bits per heavy atom. The number of halogens is 3. The van der Waals surface area contributed by atoms with E-state index in [1.165, 1.54) is 0 Å². The fourth-order valence-electron chi connectivity index (χ4n) is 2.02. The first kappa shape index (κ1) is 13.5. The summed E-state index contributed by atoms with van der Waals surface area (Å²) < 4.78 is 35.8. The van der Waals surface area contributed by atoms with Gasteiger partial charge in [-0.3, -0.25) is 4.79 Å². The van der Waals surface area contributed by atoms with Crippen molar-refractivity contribution in [3.8, 4) is 0 Å². The molecule has 1 N–H and O–H groups in total. The number of alkyl halides is 3. The maximum absolute atomic E-state index is 11.9. The van der Waals surface area contributed by atoms with Crippen molar-refractivity contribution in [2.75, 3.05) is 6.54 Å². The summed E-state index contributed by atoms with van der Waals surface area (Å²) in [5.74, 6) is -0.0866. The Hall–Kier alpha value is -0.580. The van der Waals surface area contributed by atoms with Gasteiger partial charge < -0.3 is 5.32 Å². The minimum atomic E-state index is -4.15. The first-order valence-electron chi connectivity index (χ1n) is 5.69. The van der Waals surface area contributed by atoms with E-state index in [4.69, 9.17) is 0 Å². The molecule has 16 heavy (non-hydrogen) atoms. The molecule has 0 aromatic carbocycles. The van der Waals surface area contributed by atoms with E-state index in [1.807, 2.05) is 0 Å². The zero-order valence-corrected chi connectivity index (χ0v) is 9.49. The summed E-state index contributed by atoms with van der Waals surface area (Å²) in [6.45, 7) is 2.57. The molecule has 94 valence electrons. The van der Waals surface area contributed by atoms with Crippen LogP contribution in [0.25, 0.3) is 0 Å². The van der Waals surface area contributed by atoms with E-state index < -0.39 is 18.1 Å². The summed E-state index contributed by atoms with van der Waals surface area (Å²) in [5, 5.41) is 3.11. The van der Waals surface area contributed by atoms with Gasteiger partial charge in [0.15, 0.2) is 5.78 Å². The molecule has 0 spiro atoms. The predicted octanol–water partition coefficient (Wildman–Crippen LogP) is 2.82. The van der Waals surface area contributed by atoms with E-state index >= 15 is 0 Å². The van der Waals surface area contributed by atoms with Crippen LogP contribution in [0.3, 0.4) is 0 Å². The molecule has 0 radical (unpaired) electrons. The lowest BCUT2D eigenvalue weighted by Gasteiger charge is -2.33. The number of carbonyl (C=O) groups is 1. The number of hydrogen-bond acceptors (Lipinski definition) is 2. The smallest absolute Gasteiger partial charge is 0.305 e. The SMILES string of the molecule is CC1(C(=O)CCCC(F)(F)F)CCCCN1. The Labute approximate surface area is 93.6 Å². The van der Waals surface area contributed by atoms with Gasteiger partial charge in [0.2, 0.25) is 0 Å². The van der Waals surface area contributed by atoms with Crippen LogP contribution in [0.4, 0.5) is 13.2 Å². The average Bonchev–Trinajstić information content (AvgIpc) is 2.16. The maximum atomic E-state index is 11.9. The second kappa shape index (κ2) is 5.17. The van der Waals surface area contributed by atoms with Crippen molar-refractivity contribution in [2.45, 2.75) is 57.2 Å². The molecule has 0 aromatic rings. The Bertz CT molecular complexity index is 244. The Morgan fingerprint density at radius 3 is 2.56 bits per heavy atom. The van der Waals surface area contributed by atoms with Crippen LogP contribution in [0.15, 0.2) is 0 Å². The highest BCUT2D eigenvalue weighted by molar-refractivity contribution is 5.88. The van der Waals surface area contributed by atoms with Crippen molar-refractivity contribution in [3.05, 3.63) is 0 Å². The van der Waals surface area contributed by atoms with E-state index in [-0.39, 0.29) is 18.6 Å². The van der Waals surface area contributed by atoms with Crippen LogP contribution in [0.1, 0.15) is 45.4 Å². The van der Waals surface area contributed by atoms with Gasteiger partial charge in [-0.1, -0.05) is 0 Å². The van der Waals surface area contributed by atoms with Crippen LogP contribution >= 0.6 is 0 Å². The summed E-state index contributed by atoms with van der Waals surface area (Å²) >= 11 is 0. The standard InChI is InChI=1S/C11H18F3NO/c1-10(6-2-3-8-15-10)9(16)5-4-7-11(12,13)14/h15H,2-8H2,1H3. The van der Waals surface area contributed by atoms with Crippen LogP contribution in [0, 0.1) is 0 Å². The van der Waals surface area contributed by atoms with E-state index in [0.29, 0.717) is 0 Å². The van der Waals surface area contributed by atoms with E-state index in [9.17, 15) is 18.0 Å². The highest BCUT2D eigenvalue weighted by Gasteiger charge is 2.34. The van der Waals surface area contributed by atoms with Gasteiger partial charge in [0.1, 0.15) is 0 Å². The van der Waals surface area contributed by atoms with E-state index in [2.05, 4.69) is 5.32 Å². The second-order valence-corrected chi connectivity index (χ2v) is 4.61. The van der Waals surface area contributed by atoms with Crippen LogP contribution < -0.4 is 5.32 Å². The largest absolute Gasteiger partial charge is 0.389 e. The summed E-state index contributed by atoms with van der Waals surface area (Å²) in [6, 6.07) is 0.